The summed E-state index contributed by atoms with van der Waals surface area (Å²) in [5.41, 5.74) is 6.51. The number of carboxylic acid groups (broad SMARTS) is 2. The first-order chi connectivity index (χ1) is 20.1. The summed E-state index contributed by atoms with van der Waals surface area (Å²) in [5.74, 6) is -3.15. The lowest BCUT2D eigenvalue weighted by Gasteiger charge is -2.35. The van der Waals surface area contributed by atoms with Crippen molar-refractivity contribution in [2.45, 2.75) is 31.5 Å². The lowest BCUT2D eigenvalue weighted by molar-refractivity contribution is -0.140. The van der Waals surface area contributed by atoms with Crippen LogP contribution >= 0.6 is 0 Å². The number of amides is 2. The fraction of sp³-hybridized carbons (Fsp3) is 0.259. The Kier molecular flexibility index (Phi) is 9.21. The second-order valence-corrected chi connectivity index (χ2v) is 9.35. The van der Waals surface area contributed by atoms with Gasteiger partial charge >= 0.3 is 18.0 Å². The van der Waals surface area contributed by atoms with Gasteiger partial charge in [-0.3, -0.25) is 24.3 Å². The smallest absolute Gasteiger partial charge is 0.415 e. The number of H-pyrrole nitrogens is 1. The van der Waals surface area contributed by atoms with Gasteiger partial charge in [0.25, 0.3) is 11.5 Å². The zero-order valence-corrected chi connectivity index (χ0v) is 22.2. The van der Waals surface area contributed by atoms with E-state index in [9.17, 15) is 29.1 Å². The average molecular weight is 580 g/mol. The van der Waals surface area contributed by atoms with Gasteiger partial charge in [-0.05, 0) is 36.2 Å². The Hall–Kier alpha value is -5.60. The number of fused-ring (bicyclic) bond motifs is 1. The van der Waals surface area contributed by atoms with Crippen LogP contribution in [-0.4, -0.2) is 69.3 Å². The maximum absolute atomic E-state index is 13.3. The van der Waals surface area contributed by atoms with E-state index in [4.69, 9.17) is 15.6 Å². The van der Waals surface area contributed by atoms with Crippen LogP contribution in [0.5, 0.6) is 0 Å². The monoisotopic (exact) mass is 579 g/mol. The molecule has 0 spiro atoms. The summed E-state index contributed by atoms with van der Waals surface area (Å²) < 4.78 is 5.51. The van der Waals surface area contributed by atoms with E-state index >= 15 is 0 Å². The number of nitrogen functional groups attached to an aromatic ring is 1. The van der Waals surface area contributed by atoms with E-state index in [1.165, 1.54) is 17.0 Å². The number of ether oxygens (including phenoxy) is 1. The molecule has 1 aliphatic rings. The van der Waals surface area contributed by atoms with Gasteiger partial charge in [-0.15, -0.1) is 0 Å². The molecule has 4 rings (SSSR count). The van der Waals surface area contributed by atoms with Crippen LogP contribution in [0.15, 0.2) is 59.4 Å². The number of rotatable bonds is 11. The molecule has 220 valence electrons. The number of nitrogens with zero attached hydrogens (tertiary/aromatic N) is 2. The summed E-state index contributed by atoms with van der Waals surface area (Å²) in [6.45, 7) is 0.365. The number of nitrogens with two attached hydrogens (primary N) is 1. The van der Waals surface area contributed by atoms with Crippen molar-refractivity contribution in [2.24, 2.45) is 0 Å². The number of hydrogen-bond donors (Lipinski definition) is 7. The van der Waals surface area contributed by atoms with E-state index in [1.54, 1.807) is 24.3 Å². The molecule has 3 aromatic rings. The highest BCUT2D eigenvalue weighted by Crippen LogP contribution is 2.28. The molecule has 1 aromatic heterocycles. The third-order valence-corrected chi connectivity index (χ3v) is 6.37. The molecule has 2 amide bonds. The molecule has 2 atom stereocenters. The molecule has 2 aromatic carbocycles. The van der Waals surface area contributed by atoms with Crippen LogP contribution in [0.3, 0.4) is 0 Å². The Morgan fingerprint density at radius 3 is 2.48 bits per heavy atom. The number of carbonyl (C=O) groups excluding carboxylic acids is 2. The minimum atomic E-state index is -1.35. The zero-order chi connectivity index (χ0) is 30.2. The van der Waals surface area contributed by atoms with Crippen LogP contribution in [0.1, 0.15) is 28.8 Å². The van der Waals surface area contributed by atoms with Crippen molar-refractivity contribution < 1.29 is 34.1 Å². The SMILES string of the molecule is Nc1nc2c(c(=O)[nH]1)N(C(=O)OCc1ccccc1)C(CNc1ccc(C(=O)N[C@@H](CCC(=O)O)C(=O)O)cc1)CN2. The van der Waals surface area contributed by atoms with E-state index in [0.717, 1.165) is 5.56 Å². The molecule has 42 heavy (non-hydrogen) atoms. The van der Waals surface area contributed by atoms with E-state index < -0.39 is 48.0 Å². The molecule has 0 bridgehead atoms. The fourth-order valence-electron chi connectivity index (χ4n) is 4.25. The Balaban J connectivity index is 1.44. The number of nitrogens with one attached hydrogen (secondary N) is 4. The predicted molar refractivity (Wildman–Crippen MR) is 151 cm³/mol. The summed E-state index contributed by atoms with van der Waals surface area (Å²) >= 11 is 0. The molecular weight excluding hydrogens is 550 g/mol. The normalized spacial score (nSPS) is 14.6. The Morgan fingerprint density at radius 1 is 1.10 bits per heavy atom. The van der Waals surface area contributed by atoms with Crippen molar-refractivity contribution in [2.75, 3.05) is 34.4 Å². The number of aromatic nitrogens is 2. The summed E-state index contributed by atoms with van der Waals surface area (Å²) in [6.07, 6.45) is -1.43. The van der Waals surface area contributed by atoms with Crippen molar-refractivity contribution >= 4 is 47.1 Å². The number of aromatic amines is 1. The second-order valence-electron chi connectivity index (χ2n) is 9.35. The average Bonchev–Trinajstić information content (AvgIpc) is 2.97. The van der Waals surface area contributed by atoms with E-state index in [1.807, 2.05) is 18.2 Å². The quantitative estimate of drug-likeness (QED) is 0.171. The number of anilines is 4. The largest absolute Gasteiger partial charge is 0.481 e. The summed E-state index contributed by atoms with van der Waals surface area (Å²) in [7, 11) is 0. The highest BCUT2D eigenvalue weighted by atomic mass is 16.6. The maximum Gasteiger partial charge on any atom is 0.415 e. The van der Waals surface area contributed by atoms with Crippen LogP contribution in [0.25, 0.3) is 0 Å². The first-order valence-electron chi connectivity index (χ1n) is 12.9. The molecule has 15 nitrogen and oxygen atoms in total. The van der Waals surface area contributed by atoms with Gasteiger partial charge < -0.3 is 36.6 Å². The summed E-state index contributed by atoms with van der Waals surface area (Å²) in [5, 5.41) is 26.6. The molecular formula is C27H29N7O8. The second kappa shape index (κ2) is 13.2. The van der Waals surface area contributed by atoms with Crippen molar-refractivity contribution in [1.29, 1.82) is 0 Å². The van der Waals surface area contributed by atoms with Gasteiger partial charge in [-0.25, -0.2) is 9.59 Å². The summed E-state index contributed by atoms with van der Waals surface area (Å²) in [6, 6.07) is 13.2. The Bertz CT molecular complexity index is 1510. The van der Waals surface area contributed by atoms with Crippen LogP contribution in [0.2, 0.25) is 0 Å². The van der Waals surface area contributed by atoms with Crippen molar-refractivity contribution in [3.63, 3.8) is 0 Å². The van der Waals surface area contributed by atoms with Crippen LogP contribution in [-0.2, 0) is 20.9 Å². The van der Waals surface area contributed by atoms with Crippen molar-refractivity contribution in [1.82, 2.24) is 15.3 Å². The molecule has 0 saturated heterocycles. The van der Waals surface area contributed by atoms with E-state index in [2.05, 4.69) is 25.9 Å². The minimum absolute atomic E-state index is 0.0119. The number of carboxylic acids is 2. The minimum Gasteiger partial charge on any atom is -0.481 e. The standard InChI is InChI=1S/C27H29N7O8/c28-26-32-22-21(24(38)33-26)34(27(41)42-14-15-4-2-1-3-5-15)18(13-30-22)12-29-17-8-6-16(7-9-17)23(37)31-19(25(39)40)10-11-20(35)36/h1-9,18-19,29H,10-14H2,(H,31,37)(H,35,36)(H,39,40)(H4,28,30,32,33,38)/t18?,19-/m0/s1. The zero-order valence-electron chi connectivity index (χ0n) is 22.2. The lowest BCUT2D eigenvalue weighted by atomic mass is 10.1. The Morgan fingerprint density at radius 2 is 1.81 bits per heavy atom. The van der Waals surface area contributed by atoms with Gasteiger partial charge in [0.15, 0.2) is 11.5 Å². The van der Waals surface area contributed by atoms with Gasteiger partial charge in [0.2, 0.25) is 5.95 Å². The van der Waals surface area contributed by atoms with Gasteiger partial charge in [-0.1, -0.05) is 30.3 Å². The number of hydrogen-bond acceptors (Lipinski definition) is 10. The van der Waals surface area contributed by atoms with Crippen molar-refractivity contribution in [3.05, 3.63) is 76.1 Å². The van der Waals surface area contributed by atoms with Crippen molar-refractivity contribution in [3.8, 4) is 0 Å². The Labute approximate surface area is 238 Å². The molecule has 0 radical (unpaired) electrons. The third-order valence-electron chi connectivity index (χ3n) is 6.37. The number of benzene rings is 2. The van der Waals surface area contributed by atoms with Crippen LogP contribution in [0, 0.1) is 0 Å². The van der Waals surface area contributed by atoms with E-state index in [0.29, 0.717) is 5.69 Å². The van der Waals surface area contributed by atoms with Gasteiger partial charge in [0.1, 0.15) is 12.6 Å². The van der Waals surface area contributed by atoms with Gasteiger partial charge in [0, 0.05) is 30.8 Å². The van der Waals surface area contributed by atoms with Crippen LogP contribution in [0.4, 0.5) is 27.9 Å². The molecule has 8 N–H and O–H groups in total. The molecule has 2 heterocycles. The topological polar surface area (TPSA) is 229 Å². The number of carbonyl (C=O) groups is 4. The van der Waals surface area contributed by atoms with Crippen LogP contribution < -0.4 is 32.1 Å². The molecule has 0 fully saturated rings. The highest BCUT2D eigenvalue weighted by Gasteiger charge is 2.35. The first kappa shape index (κ1) is 29.4. The maximum atomic E-state index is 13.3. The number of aliphatic carboxylic acids is 2. The summed E-state index contributed by atoms with van der Waals surface area (Å²) in [4.78, 5) is 68.4. The lowest BCUT2D eigenvalue weighted by Crippen LogP contribution is -2.53. The molecule has 0 saturated carbocycles. The molecule has 1 unspecified atom stereocenters. The highest BCUT2D eigenvalue weighted by molar-refractivity contribution is 5.97. The first-order valence-corrected chi connectivity index (χ1v) is 12.9. The fourth-order valence-corrected chi connectivity index (χ4v) is 4.25. The van der Waals surface area contributed by atoms with E-state index in [-0.39, 0.29) is 49.1 Å². The third kappa shape index (κ3) is 7.32. The molecule has 15 heteroatoms. The predicted octanol–water partition coefficient (Wildman–Crippen LogP) is 1.45. The van der Waals surface area contributed by atoms with Gasteiger partial charge in [-0.2, -0.15) is 4.98 Å². The molecule has 0 aliphatic carbocycles. The van der Waals surface area contributed by atoms with Gasteiger partial charge in [0.05, 0.1) is 6.04 Å². The molecule has 1 aliphatic heterocycles.